The molecule has 1 fully saturated rings. The van der Waals surface area contributed by atoms with Crippen molar-refractivity contribution in [3.63, 3.8) is 0 Å². The number of carbonyl (C=O) groups is 3. The van der Waals surface area contributed by atoms with Gasteiger partial charge in [0.05, 0.1) is 22.8 Å². The van der Waals surface area contributed by atoms with Crippen molar-refractivity contribution < 1.29 is 19.5 Å². The van der Waals surface area contributed by atoms with Crippen LogP contribution in [0.2, 0.25) is 0 Å². The van der Waals surface area contributed by atoms with Crippen molar-refractivity contribution in [3.8, 4) is 0 Å². The molecule has 5 nitrogen and oxygen atoms in total. The molecule has 17 heavy (non-hydrogen) atoms. The summed E-state index contributed by atoms with van der Waals surface area (Å²) in [7, 11) is 0. The summed E-state index contributed by atoms with van der Waals surface area (Å²) in [6.07, 6.45) is 0. The maximum Gasteiger partial charge on any atom is 0.335 e. The van der Waals surface area contributed by atoms with Crippen molar-refractivity contribution in [1.82, 2.24) is 0 Å². The fourth-order valence-electron chi connectivity index (χ4n) is 1.56. The predicted octanol–water partition coefficient (Wildman–Crippen LogP) is 0.991. The molecule has 1 aromatic carbocycles. The van der Waals surface area contributed by atoms with Crippen LogP contribution >= 0.6 is 11.8 Å². The molecule has 0 spiro atoms. The first-order valence-corrected chi connectivity index (χ1v) is 6.02. The van der Waals surface area contributed by atoms with E-state index < -0.39 is 5.97 Å². The molecule has 1 heterocycles. The molecule has 0 saturated carbocycles. The van der Waals surface area contributed by atoms with Gasteiger partial charge in [-0.2, -0.15) is 0 Å². The van der Waals surface area contributed by atoms with E-state index in [4.69, 9.17) is 5.11 Å². The monoisotopic (exact) mass is 251 g/mol. The number of carboxylic acids is 1. The Bertz CT molecular complexity index is 484. The van der Waals surface area contributed by atoms with Crippen molar-refractivity contribution in [1.29, 1.82) is 0 Å². The van der Waals surface area contributed by atoms with Gasteiger partial charge in [-0.25, -0.2) is 9.69 Å². The standard InChI is InChI=1S/C11H9NO4S/c13-9-5-17-6-10(14)12(9)8-3-1-2-7(4-8)11(15)16/h1-4H,5-6H2,(H,15,16). The Morgan fingerprint density at radius 3 is 2.47 bits per heavy atom. The molecule has 6 heteroatoms. The number of aromatic carboxylic acids is 1. The highest BCUT2D eigenvalue weighted by molar-refractivity contribution is 8.00. The van der Waals surface area contributed by atoms with Gasteiger partial charge in [-0.1, -0.05) is 6.07 Å². The van der Waals surface area contributed by atoms with Crippen LogP contribution in [0.3, 0.4) is 0 Å². The number of rotatable bonds is 2. The molecule has 0 bridgehead atoms. The Kier molecular flexibility index (Phi) is 3.14. The van der Waals surface area contributed by atoms with Gasteiger partial charge in [-0.15, -0.1) is 11.8 Å². The number of amides is 2. The summed E-state index contributed by atoms with van der Waals surface area (Å²) in [6, 6.07) is 5.81. The molecule has 0 aliphatic carbocycles. The molecular weight excluding hydrogens is 242 g/mol. The lowest BCUT2D eigenvalue weighted by atomic mass is 10.2. The predicted molar refractivity (Wildman–Crippen MR) is 63.2 cm³/mol. The van der Waals surface area contributed by atoms with Gasteiger partial charge < -0.3 is 5.11 Å². The van der Waals surface area contributed by atoms with Gasteiger partial charge in [-0.05, 0) is 18.2 Å². The van der Waals surface area contributed by atoms with Gasteiger partial charge in [0, 0.05) is 0 Å². The van der Waals surface area contributed by atoms with E-state index in [0.29, 0.717) is 5.69 Å². The van der Waals surface area contributed by atoms with Gasteiger partial charge in [0.15, 0.2) is 0 Å². The fourth-order valence-corrected chi connectivity index (χ4v) is 2.27. The van der Waals surface area contributed by atoms with Crippen LogP contribution < -0.4 is 4.90 Å². The lowest BCUT2D eigenvalue weighted by molar-refractivity contribution is -0.124. The summed E-state index contributed by atoms with van der Waals surface area (Å²) in [5.74, 6) is -1.23. The zero-order chi connectivity index (χ0) is 12.4. The SMILES string of the molecule is O=C(O)c1cccc(N2C(=O)CSCC2=O)c1. The smallest absolute Gasteiger partial charge is 0.335 e. The number of nitrogens with zero attached hydrogens (tertiary/aromatic N) is 1. The molecule has 1 saturated heterocycles. The second kappa shape index (κ2) is 4.58. The van der Waals surface area contributed by atoms with Gasteiger partial charge in [0.1, 0.15) is 0 Å². The Morgan fingerprint density at radius 2 is 1.88 bits per heavy atom. The van der Waals surface area contributed by atoms with Crippen molar-refractivity contribution in [2.45, 2.75) is 0 Å². The second-order valence-corrected chi connectivity index (χ2v) is 4.46. The van der Waals surface area contributed by atoms with E-state index in [2.05, 4.69) is 0 Å². The van der Waals surface area contributed by atoms with E-state index in [1.165, 1.54) is 30.0 Å². The minimum absolute atomic E-state index is 0.0568. The minimum Gasteiger partial charge on any atom is -0.478 e. The topological polar surface area (TPSA) is 74.7 Å². The average Bonchev–Trinajstić information content (AvgIpc) is 2.29. The molecule has 88 valence electrons. The molecule has 1 aliphatic rings. The highest BCUT2D eigenvalue weighted by Gasteiger charge is 2.28. The molecule has 1 aliphatic heterocycles. The summed E-state index contributed by atoms with van der Waals surface area (Å²) in [4.78, 5) is 35.1. The largest absolute Gasteiger partial charge is 0.478 e. The van der Waals surface area contributed by atoms with E-state index in [-0.39, 0.29) is 28.9 Å². The van der Waals surface area contributed by atoms with Crippen LogP contribution in [0.4, 0.5) is 5.69 Å². The van der Waals surface area contributed by atoms with Crippen molar-refractivity contribution in [3.05, 3.63) is 29.8 Å². The number of hydrogen-bond donors (Lipinski definition) is 1. The van der Waals surface area contributed by atoms with Crippen LogP contribution in [-0.4, -0.2) is 34.4 Å². The average molecular weight is 251 g/mol. The lowest BCUT2D eigenvalue weighted by Crippen LogP contribution is -2.43. The number of hydrogen-bond acceptors (Lipinski definition) is 4. The summed E-state index contributed by atoms with van der Waals surface area (Å²) in [5.41, 5.74) is 0.376. The van der Waals surface area contributed by atoms with E-state index >= 15 is 0 Å². The second-order valence-electron chi connectivity index (χ2n) is 3.47. The molecular formula is C11H9NO4S. The van der Waals surface area contributed by atoms with Crippen LogP contribution in [0.1, 0.15) is 10.4 Å². The number of imide groups is 1. The summed E-state index contributed by atoms with van der Waals surface area (Å²) in [6.45, 7) is 0. The zero-order valence-corrected chi connectivity index (χ0v) is 9.57. The molecule has 0 radical (unpaired) electrons. The zero-order valence-electron chi connectivity index (χ0n) is 8.75. The maximum absolute atomic E-state index is 11.6. The number of thioether (sulfide) groups is 1. The normalized spacial score (nSPS) is 16.1. The molecule has 1 aromatic rings. The molecule has 0 aromatic heterocycles. The van der Waals surface area contributed by atoms with Crippen molar-refractivity contribution in [2.24, 2.45) is 0 Å². The third kappa shape index (κ3) is 2.31. The van der Waals surface area contributed by atoms with Crippen molar-refractivity contribution in [2.75, 3.05) is 16.4 Å². The first-order chi connectivity index (χ1) is 8.09. The van der Waals surface area contributed by atoms with Crippen LogP contribution in [0, 0.1) is 0 Å². The number of benzene rings is 1. The first-order valence-electron chi connectivity index (χ1n) is 4.86. The van der Waals surface area contributed by atoms with Crippen LogP contribution in [0.15, 0.2) is 24.3 Å². The van der Waals surface area contributed by atoms with Crippen LogP contribution in [0.25, 0.3) is 0 Å². The van der Waals surface area contributed by atoms with E-state index in [9.17, 15) is 14.4 Å². The van der Waals surface area contributed by atoms with Gasteiger partial charge in [0.2, 0.25) is 11.8 Å². The van der Waals surface area contributed by atoms with E-state index in [1.54, 1.807) is 6.07 Å². The molecule has 0 atom stereocenters. The summed E-state index contributed by atoms with van der Waals surface area (Å²) >= 11 is 1.26. The number of carboxylic acid groups (broad SMARTS) is 1. The van der Waals surface area contributed by atoms with Crippen LogP contribution in [-0.2, 0) is 9.59 Å². The maximum atomic E-state index is 11.6. The molecule has 1 N–H and O–H groups in total. The summed E-state index contributed by atoms with van der Waals surface area (Å²) < 4.78 is 0. The van der Waals surface area contributed by atoms with E-state index in [1.807, 2.05) is 0 Å². The lowest BCUT2D eigenvalue weighted by Gasteiger charge is -2.24. The Morgan fingerprint density at radius 1 is 1.24 bits per heavy atom. The van der Waals surface area contributed by atoms with Gasteiger partial charge in [-0.3, -0.25) is 9.59 Å². The van der Waals surface area contributed by atoms with Gasteiger partial charge >= 0.3 is 5.97 Å². The Hall–Kier alpha value is -1.82. The first kappa shape index (κ1) is 11.7. The highest BCUT2D eigenvalue weighted by atomic mass is 32.2. The quantitative estimate of drug-likeness (QED) is 0.793. The van der Waals surface area contributed by atoms with E-state index in [0.717, 1.165) is 4.90 Å². The third-order valence-corrected chi connectivity index (χ3v) is 3.20. The minimum atomic E-state index is -1.09. The Balaban J connectivity index is 2.38. The highest BCUT2D eigenvalue weighted by Crippen LogP contribution is 2.22. The number of anilines is 1. The molecule has 2 rings (SSSR count). The fraction of sp³-hybridized carbons (Fsp3) is 0.182. The number of carbonyl (C=O) groups excluding carboxylic acids is 2. The third-order valence-electron chi connectivity index (χ3n) is 2.30. The van der Waals surface area contributed by atoms with Crippen LogP contribution in [0.5, 0.6) is 0 Å². The summed E-state index contributed by atoms with van der Waals surface area (Å²) in [5, 5.41) is 8.85. The Labute approximate surface area is 101 Å². The van der Waals surface area contributed by atoms with Gasteiger partial charge in [0.25, 0.3) is 0 Å². The molecule has 2 amide bonds. The molecule has 0 unspecified atom stereocenters. The van der Waals surface area contributed by atoms with Crippen molar-refractivity contribution >= 4 is 35.2 Å².